The molecule has 0 aliphatic carbocycles. The molecule has 3 N–H and O–H groups in total. The molecule has 1 atom stereocenters. The predicted molar refractivity (Wildman–Crippen MR) is 92.5 cm³/mol. The van der Waals surface area contributed by atoms with Crippen LogP contribution in [0.15, 0.2) is 23.1 Å². The van der Waals surface area contributed by atoms with Crippen molar-refractivity contribution >= 4 is 29.4 Å². The second-order valence-corrected chi connectivity index (χ2v) is 6.69. The van der Waals surface area contributed by atoms with Gasteiger partial charge in [0.05, 0.1) is 0 Å². The first kappa shape index (κ1) is 18.4. The highest BCUT2D eigenvalue weighted by molar-refractivity contribution is 7.99. The number of anilines is 1. The number of nitrogens with one attached hydrogen (secondary N) is 3. The van der Waals surface area contributed by atoms with Gasteiger partial charge in [-0.2, -0.15) is 0 Å². The second-order valence-electron chi connectivity index (χ2n) is 5.18. The van der Waals surface area contributed by atoms with E-state index in [-0.39, 0.29) is 11.9 Å². The summed E-state index contributed by atoms with van der Waals surface area (Å²) in [4.78, 5) is 23.7. The van der Waals surface area contributed by atoms with E-state index in [2.05, 4.69) is 35.9 Å². The maximum Gasteiger partial charge on any atom is 0.319 e. The lowest BCUT2D eigenvalue weighted by atomic mass is 10.2. The van der Waals surface area contributed by atoms with Gasteiger partial charge in [0.1, 0.15) is 0 Å². The van der Waals surface area contributed by atoms with E-state index in [4.69, 9.17) is 0 Å². The van der Waals surface area contributed by atoms with E-state index >= 15 is 0 Å². The van der Waals surface area contributed by atoms with Crippen LogP contribution in [-0.2, 0) is 4.79 Å². The molecule has 0 spiro atoms. The Labute approximate surface area is 136 Å². The molecule has 5 nitrogen and oxygen atoms in total. The van der Waals surface area contributed by atoms with Crippen molar-refractivity contribution in [3.05, 3.63) is 23.8 Å². The summed E-state index contributed by atoms with van der Waals surface area (Å²) < 4.78 is 0. The van der Waals surface area contributed by atoms with Crippen LogP contribution in [-0.4, -0.2) is 30.3 Å². The minimum Gasteiger partial charge on any atom is -0.355 e. The molecule has 122 valence electrons. The van der Waals surface area contributed by atoms with Crippen LogP contribution >= 0.6 is 11.8 Å². The van der Waals surface area contributed by atoms with Crippen LogP contribution in [0.2, 0.25) is 0 Å². The zero-order valence-electron chi connectivity index (χ0n) is 13.7. The Morgan fingerprint density at radius 3 is 2.50 bits per heavy atom. The third-order valence-corrected chi connectivity index (χ3v) is 4.40. The van der Waals surface area contributed by atoms with Crippen LogP contribution < -0.4 is 16.0 Å². The van der Waals surface area contributed by atoms with Gasteiger partial charge >= 0.3 is 6.03 Å². The molecular formula is C16H25N3O2S. The van der Waals surface area contributed by atoms with Crippen LogP contribution in [0, 0.1) is 6.92 Å². The minimum absolute atomic E-state index is 0.104. The molecular weight excluding hydrogens is 298 g/mol. The fourth-order valence-electron chi connectivity index (χ4n) is 1.75. The second kappa shape index (κ2) is 9.35. The fraction of sp³-hybridized carbons (Fsp3) is 0.500. The molecule has 3 amide bonds. The maximum atomic E-state index is 11.8. The number of thioether (sulfide) groups is 1. The highest BCUT2D eigenvalue weighted by Gasteiger charge is 2.07. The van der Waals surface area contributed by atoms with E-state index in [9.17, 15) is 9.59 Å². The van der Waals surface area contributed by atoms with Crippen molar-refractivity contribution in [2.75, 3.05) is 18.4 Å². The molecule has 0 bridgehead atoms. The van der Waals surface area contributed by atoms with Crippen molar-refractivity contribution in [2.45, 2.75) is 44.3 Å². The SMILES string of the molecule is CC[C@H](C)Sc1ccc(NC(=O)NCCNC(C)=O)c(C)c1. The summed E-state index contributed by atoms with van der Waals surface area (Å²) >= 11 is 1.84. The van der Waals surface area contributed by atoms with Gasteiger partial charge < -0.3 is 16.0 Å². The lowest BCUT2D eigenvalue weighted by Gasteiger charge is -2.13. The van der Waals surface area contributed by atoms with Gasteiger partial charge in [0.15, 0.2) is 0 Å². The van der Waals surface area contributed by atoms with Gasteiger partial charge in [-0.3, -0.25) is 4.79 Å². The normalized spacial score (nSPS) is 11.6. The van der Waals surface area contributed by atoms with Crippen molar-refractivity contribution in [2.24, 2.45) is 0 Å². The molecule has 0 aliphatic rings. The zero-order chi connectivity index (χ0) is 16.5. The molecule has 1 rings (SSSR count). The number of carbonyl (C=O) groups is 2. The monoisotopic (exact) mass is 323 g/mol. The van der Waals surface area contributed by atoms with Gasteiger partial charge in [-0.05, 0) is 37.1 Å². The lowest BCUT2D eigenvalue weighted by Crippen LogP contribution is -2.36. The van der Waals surface area contributed by atoms with Crippen molar-refractivity contribution in [3.63, 3.8) is 0 Å². The number of hydrogen-bond acceptors (Lipinski definition) is 3. The van der Waals surface area contributed by atoms with E-state index in [0.29, 0.717) is 18.3 Å². The highest BCUT2D eigenvalue weighted by atomic mass is 32.2. The summed E-state index contributed by atoms with van der Waals surface area (Å²) in [6.45, 7) is 8.62. The lowest BCUT2D eigenvalue weighted by molar-refractivity contribution is -0.118. The zero-order valence-corrected chi connectivity index (χ0v) is 14.5. The molecule has 1 aromatic rings. The molecule has 1 aromatic carbocycles. The first-order valence-electron chi connectivity index (χ1n) is 7.49. The molecule has 0 aliphatic heterocycles. The third-order valence-electron chi connectivity index (χ3n) is 3.14. The Balaban J connectivity index is 2.48. The van der Waals surface area contributed by atoms with Gasteiger partial charge in [-0.1, -0.05) is 13.8 Å². The molecule has 0 fully saturated rings. The number of rotatable bonds is 7. The molecule has 6 heteroatoms. The fourth-order valence-corrected chi connectivity index (χ4v) is 2.77. The van der Waals surface area contributed by atoms with E-state index in [1.54, 1.807) is 0 Å². The summed E-state index contributed by atoms with van der Waals surface area (Å²) in [5.74, 6) is -0.104. The maximum absolute atomic E-state index is 11.8. The topological polar surface area (TPSA) is 70.2 Å². The Morgan fingerprint density at radius 2 is 1.91 bits per heavy atom. The summed E-state index contributed by atoms with van der Waals surface area (Å²) in [5, 5.41) is 8.72. The van der Waals surface area contributed by atoms with Crippen LogP contribution in [0.5, 0.6) is 0 Å². The number of urea groups is 1. The van der Waals surface area contributed by atoms with Gasteiger partial charge in [-0.15, -0.1) is 11.8 Å². The van der Waals surface area contributed by atoms with Crippen LogP contribution in [0.25, 0.3) is 0 Å². The van der Waals surface area contributed by atoms with Gasteiger partial charge in [0.2, 0.25) is 5.91 Å². The first-order chi connectivity index (χ1) is 10.4. The van der Waals surface area contributed by atoms with Crippen LogP contribution in [0.1, 0.15) is 32.8 Å². The minimum atomic E-state index is -0.268. The smallest absolute Gasteiger partial charge is 0.319 e. The van der Waals surface area contributed by atoms with E-state index < -0.39 is 0 Å². The molecule has 0 heterocycles. The van der Waals surface area contributed by atoms with Crippen molar-refractivity contribution in [1.29, 1.82) is 0 Å². The summed E-state index contributed by atoms with van der Waals surface area (Å²) in [6.07, 6.45) is 1.13. The van der Waals surface area contributed by atoms with Gasteiger partial charge in [-0.25, -0.2) is 4.79 Å². The number of amides is 3. The summed E-state index contributed by atoms with van der Waals surface area (Å²) in [7, 11) is 0. The van der Waals surface area contributed by atoms with E-state index in [1.165, 1.54) is 11.8 Å². The molecule has 0 saturated heterocycles. The van der Waals surface area contributed by atoms with Crippen molar-refractivity contribution in [3.8, 4) is 0 Å². The van der Waals surface area contributed by atoms with Crippen LogP contribution in [0.4, 0.5) is 10.5 Å². The average Bonchev–Trinajstić information content (AvgIpc) is 2.46. The quantitative estimate of drug-likeness (QED) is 0.533. The Morgan fingerprint density at radius 1 is 1.23 bits per heavy atom. The Kier molecular flexibility index (Phi) is 7.80. The Bertz CT molecular complexity index is 520. The predicted octanol–water partition coefficient (Wildman–Crippen LogP) is 3.14. The summed E-state index contributed by atoms with van der Waals surface area (Å²) in [6, 6.07) is 5.77. The number of benzene rings is 1. The highest BCUT2D eigenvalue weighted by Crippen LogP contribution is 2.28. The number of aryl methyl sites for hydroxylation is 1. The first-order valence-corrected chi connectivity index (χ1v) is 8.37. The van der Waals surface area contributed by atoms with Gasteiger partial charge in [0.25, 0.3) is 0 Å². The molecule has 0 radical (unpaired) electrons. The van der Waals surface area contributed by atoms with E-state index in [0.717, 1.165) is 17.7 Å². The number of hydrogen-bond donors (Lipinski definition) is 3. The third kappa shape index (κ3) is 6.85. The van der Waals surface area contributed by atoms with Crippen LogP contribution in [0.3, 0.4) is 0 Å². The standard InChI is InChI=1S/C16H25N3O2S/c1-5-12(3)22-14-6-7-15(11(2)10-14)19-16(21)18-9-8-17-13(4)20/h6-7,10,12H,5,8-9H2,1-4H3,(H,17,20)(H2,18,19,21)/t12-/m0/s1. The molecule has 22 heavy (non-hydrogen) atoms. The molecule has 0 aromatic heterocycles. The Hall–Kier alpha value is -1.69. The van der Waals surface area contributed by atoms with Crippen molar-refractivity contribution in [1.82, 2.24) is 10.6 Å². The number of carbonyl (C=O) groups excluding carboxylic acids is 2. The van der Waals surface area contributed by atoms with Crippen molar-refractivity contribution < 1.29 is 9.59 Å². The molecule has 0 saturated carbocycles. The summed E-state index contributed by atoms with van der Waals surface area (Å²) in [5.41, 5.74) is 1.83. The van der Waals surface area contributed by atoms with E-state index in [1.807, 2.05) is 30.8 Å². The largest absolute Gasteiger partial charge is 0.355 e. The van der Waals surface area contributed by atoms with Gasteiger partial charge in [0, 0.05) is 35.8 Å². The molecule has 0 unspecified atom stereocenters. The average molecular weight is 323 g/mol.